The molecule has 49 heavy (non-hydrogen) atoms. The molecule has 2 fully saturated rings. The summed E-state index contributed by atoms with van der Waals surface area (Å²) in [4.78, 5) is 39.8. The van der Waals surface area contributed by atoms with E-state index >= 15 is 0 Å². The van der Waals surface area contributed by atoms with E-state index in [1.54, 1.807) is 29.2 Å². The molecule has 2 atom stereocenters. The van der Waals surface area contributed by atoms with Crippen LogP contribution in [0, 0.1) is 11.3 Å². The van der Waals surface area contributed by atoms with Gasteiger partial charge in [-0.2, -0.15) is 20.1 Å². The van der Waals surface area contributed by atoms with Crippen molar-refractivity contribution >= 4 is 29.3 Å². The smallest absolute Gasteiger partial charge is 0.297 e. The van der Waals surface area contributed by atoms with Gasteiger partial charge < -0.3 is 5.73 Å². The number of halogens is 3. The third kappa shape index (κ3) is 6.48. The standard InChI is InChI=1S/C35H38ClF2N9O2/c1-34(2,3)18-35(23-9-6-20(7-10-23)26-17-41-47(44-26)24-11-12-24)32(49)45(33(39)43-35)27(14-15-29(48)21-4-5-21)22-8-13-25(36)28(16-22)46-31(30(37)38)40-19-42-46/h6-10,13,16-17,19,21,24,27,30H,4-5,11-12,14-15,18H2,1-3H3,(H2,39,43)/t27-,35-/m1/s1. The van der Waals surface area contributed by atoms with E-state index in [4.69, 9.17) is 22.3 Å². The van der Waals surface area contributed by atoms with Gasteiger partial charge in [0.25, 0.3) is 12.3 Å². The summed E-state index contributed by atoms with van der Waals surface area (Å²) in [5.41, 5.74) is 8.00. The average Bonchev–Trinajstić information content (AvgIpc) is 3.97. The Bertz CT molecular complexity index is 1930. The van der Waals surface area contributed by atoms with Gasteiger partial charge in [-0.25, -0.2) is 23.4 Å². The fraction of sp³-hybridized carbons (Fsp3) is 0.457. The molecule has 0 radical (unpaired) electrons. The van der Waals surface area contributed by atoms with Gasteiger partial charge in [-0.3, -0.25) is 14.5 Å². The zero-order valence-corrected chi connectivity index (χ0v) is 28.3. The lowest BCUT2D eigenvalue weighted by atomic mass is 9.75. The second-order valence-electron chi connectivity index (χ2n) is 14.4. The highest BCUT2D eigenvalue weighted by Crippen LogP contribution is 2.46. The molecule has 2 aromatic heterocycles. The first-order valence-corrected chi connectivity index (χ1v) is 16.9. The van der Waals surface area contributed by atoms with Gasteiger partial charge in [-0.15, -0.1) is 0 Å². The van der Waals surface area contributed by atoms with Crippen LogP contribution in [0.2, 0.25) is 5.02 Å². The van der Waals surface area contributed by atoms with Crippen LogP contribution >= 0.6 is 11.6 Å². The fourth-order valence-electron chi connectivity index (χ4n) is 6.70. The van der Waals surface area contributed by atoms with Crippen LogP contribution in [0.4, 0.5) is 8.78 Å². The van der Waals surface area contributed by atoms with Crippen molar-refractivity contribution in [3.63, 3.8) is 0 Å². The maximum Gasteiger partial charge on any atom is 0.297 e. The minimum atomic E-state index is -2.90. The van der Waals surface area contributed by atoms with Gasteiger partial charge in [-0.05, 0) is 67.2 Å². The summed E-state index contributed by atoms with van der Waals surface area (Å²) in [5.74, 6) is -0.745. The van der Waals surface area contributed by atoms with E-state index in [0.29, 0.717) is 23.6 Å². The molecule has 2 aromatic carbocycles. The first kappa shape index (κ1) is 33.0. The van der Waals surface area contributed by atoms with Crippen LogP contribution in [0.25, 0.3) is 16.9 Å². The Labute approximate surface area is 287 Å². The maximum absolute atomic E-state index is 15.0. The van der Waals surface area contributed by atoms with Crippen molar-refractivity contribution < 1.29 is 18.4 Å². The van der Waals surface area contributed by atoms with Crippen molar-refractivity contribution in [1.82, 2.24) is 34.7 Å². The third-order valence-electron chi connectivity index (χ3n) is 9.31. The molecule has 14 heteroatoms. The van der Waals surface area contributed by atoms with Crippen molar-refractivity contribution in [1.29, 1.82) is 0 Å². The summed E-state index contributed by atoms with van der Waals surface area (Å²) in [5, 5.41) is 13.2. The monoisotopic (exact) mass is 689 g/mol. The molecular formula is C35H38ClF2N9O2. The normalized spacial score (nSPS) is 20.3. The lowest BCUT2D eigenvalue weighted by Gasteiger charge is -2.35. The molecule has 2 aliphatic carbocycles. The van der Waals surface area contributed by atoms with Crippen LogP contribution in [0.5, 0.6) is 0 Å². The maximum atomic E-state index is 15.0. The van der Waals surface area contributed by atoms with Crippen LogP contribution < -0.4 is 5.73 Å². The van der Waals surface area contributed by atoms with E-state index in [1.807, 2.05) is 45.0 Å². The van der Waals surface area contributed by atoms with Crippen LogP contribution in [0.1, 0.15) is 101 Å². The number of nitrogens with zero attached hydrogens (tertiary/aromatic N) is 8. The molecular weight excluding hydrogens is 652 g/mol. The number of amides is 1. The van der Waals surface area contributed by atoms with E-state index in [-0.39, 0.29) is 52.5 Å². The van der Waals surface area contributed by atoms with Gasteiger partial charge in [0, 0.05) is 17.9 Å². The Hall–Kier alpha value is -4.52. The second kappa shape index (κ2) is 12.4. The average molecular weight is 690 g/mol. The van der Waals surface area contributed by atoms with Crippen LogP contribution in [-0.4, -0.2) is 52.3 Å². The van der Waals surface area contributed by atoms with E-state index in [1.165, 1.54) is 4.90 Å². The number of nitrogens with two attached hydrogens (primary N) is 1. The molecule has 7 rings (SSSR count). The second-order valence-corrected chi connectivity index (χ2v) is 14.8. The van der Waals surface area contributed by atoms with Crippen molar-refractivity contribution in [2.45, 2.75) is 89.8 Å². The van der Waals surface area contributed by atoms with Crippen molar-refractivity contribution in [2.24, 2.45) is 22.1 Å². The molecule has 4 aromatic rings. The number of aliphatic imine (C=N–C) groups is 1. The molecule has 0 unspecified atom stereocenters. The Morgan fingerprint density at radius 1 is 1.08 bits per heavy atom. The predicted octanol–water partition coefficient (Wildman–Crippen LogP) is 6.74. The zero-order valence-electron chi connectivity index (χ0n) is 27.6. The van der Waals surface area contributed by atoms with E-state index in [9.17, 15) is 18.4 Å². The Morgan fingerprint density at radius 3 is 2.47 bits per heavy atom. The Morgan fingerprint density at radius 2 is 1.82 bits per heavy atom. The largest absolute Gasteiger partial charge is 0.369 e. The lowest BCUT2D eigenvalue weighted by Crippen LogP contribution is -2.46. The molecule has 11 nitrogen and oxygen atoms in total. The van der Waals surface area contributed by atoms with Gasteiger partial charge in [0.15, 0.2) is 17.3 Å². The van der Waals surface area contributed by atoms with Crippen molar-refractivity contribution in [3.05, 3.63) is 77.0 Å². The first-order valence-electron chi connectivity index (χ1n) is 16.6. The van der Waals surface area contributed by atoms with Crippen molar-refractivity contribution in [2.75, 3.05) is 0 Å². The molecule has 1 amide bonds. The molecule has 0 bridgehead atoms. The number of benzene rings is 2. The predicted molar refractivity (Wildman–Crippen MR) is 179 cm³/mol. The van der Waals surface area contributed by atoms with Crippen molar-refractivity contribution in [3.8, 4) is 16.9 Å². The summed E-state index contributed by atoms with van der Waals surface area (Å²) < 4.78 is 28.6. The number of ketones is 1. The van der Waals surface area contributed by atoms with E-state index in [2.05, 4.69) is 20.3 Å². The number of hydrogen-bond donors (Lipinski definition) is 1. The number of aromatic nitrogens is 6. The quantitative estimate of drug-likeness (QED) is 0.174. The number of hydrogen-bond acceptors (Lipinski definition) is 8. The molecule has 3 aliphatic rings. The number of guanidine groups is 1. The molecule has 256 valence electrons. The van der Waals surface area contributed by atoms with Gasteiger partial charge in [0.05, 0.1) is 29.0 Å². The molecule has 3 heterocycles. The highest BCUT2D eigenvalue weighted by Gasteiger charge is 2.53. The fourth-order valence-corrected chi connectivity index (χ4v) is 6.90. The zero-order chi connectivity index (χ0) is 34.7. The number of carbonyl (C=O) groups excluding carboxylic acids is 2. The van der Waals surface area contributed by atoms with Gasteiger partial charge >= 0.3 is 0 Å². The topological polar surface area (TPSA) is 137 Å². The Kier molecular flexibility index (Phi) is 8.36. The van der Waals surface area contributed by atoms with Crippen LogP contribution in [-0.2, 0) is 15.1 Å². The Balaban J connectivity index is 1.27. The first-order chi connectivity index (χ1) is 23.3. The molecule has 1 aliphatic heterocycles. The summed E-state index contributed by atoms with van der Waals surface area (Å²) in [7, 11) is 0. The van der Waals surface area contributed by atoms with Crippen LogP contribution in [0.3, 0.4) is 0 Å². The lowest BCUT2D eigenvalue weighted by molar-refractivity contribution is -0.135. The number of Topliss-reactive ketones (excluding diaryl/α,β-unsaturated/α-hetero) is 1. The molecule has 0 saturated heterocycles. The molecule has 2 N–H and O–H groups in total. The van der Waals surface area contributed by atoms with E-state index in [0.717, 1.165) is 47.9 Å². The molecule has 2 saturated carbocycles. The van der Waals surface area contributed by atoms with Crippen LogP contribution in [0.15, 0.2) is 60.0 Å². The highest BCUT2D eigenvalue weighted by atomic mass is 35.5. The van der Waals surface area contributed by atoms with Gasteiger partial charge in [0.1, 0.15) is 17.8 Å². The van der Waals surface area contributed by atoms with Gasteiger partial charge in [0.2, 0.25) is 0 Å². The summed E-state index contributed by atoms with van der Waals surface area (Å²) in [6.45, 7) is 6.12. The minimum Gasteiger partial charge on any atom is -0.369 e. The summed E-state index contributed by atoms with van der Waals surface area (Å²) >= 11 is 6.51. The van der Waals surface area contributed by atoms with Gasteiger partial charge in [-0.1, -0.05) is 62.7 Å². The number of carbonyl (C=O) groups is 2. The SMILES string of the molecule is CC(C)(C)C[C@]1(c2ccc(-c3cnn(C4CC4)n3)cc2)N=C(N)N([C@H](CCC(=O)C2CC2)c2ccc(Cl)c(-n3ncnc3C(F)F)c2)C1=O. The number of rotatable bonds is 12. The molecule has 0 spiro atoms. The summed E-state index contributed by atoms with van der Waals surface area (Å²) in [6.07, 6.45) is 4.54. The minimum absolute atomic E-state index is 0.0140. The van der Waals surface area contributed by atoms with E-state index < -0.39 is 23.8 Å². The summed E-state index contributed by atoms with van der Waals surface area (Å²) in [6, 6.07) is 12.1. The highest BCUT2D eigenvalue weighted by molar-refractivity contribution is 6.32. The number of alkyl halides is 2. The third-order valence-corrected chi connectivity index (χ3v) is 9.63.